The van der Waals surface area contributed by atoms with Crippen LogP contribution < -0.4 is 10.6 Å². The summed E-state index contributed by atoms with van der Waals surface area (Å²) in [5.74, 6) is 1.64. The third-order valence-corrected chi connectivity index (χ3v) is 3.49. The number of nitrogens with one attached hydrogen (secondary N) is 2. The van der Waals surface area contributed by atoms with Gasteiger partial charge in [-0.3, -0.25) is 4.99 Å². The zero-order valence-corrected chi connectivity index (χ0v) is 16.8. The van der Waals surface area contributed by atoms with Gasteiger partial charge in [0.1, 0.15) is 5.82 Å². The summed E-state index contributed by atoms with van der Waals surface area (Å²) >= 11 is 1.79. The molecule has 4 nitrogen and oxygen atoms in total. The number of nitrogens with zero attached hydrogens (tertiary/aromatic N) is 2. The summed E-state index contributed by atoms with van der Waals surface area (Å²) in [6.45, 7) is 2.09. The Labute approximate surface area is 154 Å². The van der Waals surface area contributed by atoms with Crippen molar-refractivity contribution in [2.45, 2.75) is 13.1 Å². The van der Waals surface area contributed by atoms with Crippen LogP contribution in [-0.2, 0) is 13.1 Å². The molecule has 2 N–H and O–H groups in total. The second-order valence-electron chi connectivity index (χ2n) is 5.01. The van der Waals surface area contributed by atoms with Crippen LogP contribution in [0, 0.1) is 5.82 Å². The van der Waals surface area contributed by atoms with E-state index in [1.165, 1.54) is 6.07 Å². The summed E-state index contributed by atoms with van der Waals surface area (Å²) < 4.78 is 13.7. The molecule has 7 heteroatoms. The maximum atomic E-state index is 13.7. The summed E-state index contributed by atoms with van der Waals surface area (Å²) in [6.07, 6.45) is 2.07. The lowest BCUT2D eigenvalue weighted by Gasteiger charge is -2.14. The summed E-state index contributed by atoms with van der Waals surface area (Å²) in [4.78, 5) is 6.12. The molecule has 0 radical (unpaired) electrons. The Hall–Kier alpha value is -0.540. The van der Waals surface area contributed by atoms with Crippen LogP contribution in [0.25, 0.3) is 0 Å². The first-order valence-corrected chi connectivity index (χ1v) is 8.31. The van der Waals surface area contributed by atoms with E-state index in [4.69, 9.17) is 0 Å². The standard InChI is InChI=1S/C15H25FN4S.HI/c1-17-15(18-7-8-21-4)19-10-12-5-6-14(16)13(9-12)11-20(2)3;/h5-6,9H,7-8,10-11H2,1-4H3,(H2,17,18,19);1H. The van der Waals surface area contributed by atoms with Crippen LogP contribution >= 0.6 is 35.7 Å². The second-order valence-corrected chi connectivity index (χ2v) is 5.99. The lowest BCUT2D eigenvalue weighted by atomic mass is 10.1. The van der Waals surface area contributed by atoms with E-state index in [0.29, 0.717) is 18.7 Å². The summed E-state index contributed by atoms with van der Waals surface area (Å²) in [7, 11) is 5.61. The van der Waals surface area contributed by atoms with Gasteiger partial charge in [0.2, 0.25) is 0 Å². The highest BCUT2D eigenvalue weighted by Gasteiger charge is 2.05. The topological polar surface area (TPSA) is 39.7 Å². The molecular weight excluding hydrogens is 414 g/mol. The number of benzene rings is 1. The minimum atomic E-state index is -0.157. The van der Waals surface area contributed by atoms with Gasteiger partial charge in [0.15, 0.2) is 5.96 Å². The van der Waals surface area contributed by atoms with Crippen molar-refractivity contribution < 1.29 is 4.39 Å². The zero-order valence-electron chi connectivity index (χ0n) is 13.6. The number of hydrogen-bond donors (Lipinski definition) is 2. The molecule has 0 amide bonds. The molecule has 1 aromatic rings. The Balaban J connectivity index is 0.00000441. The van der Waals surface area contributed by atoms with Crippen LogP contribution in [0.15, 0.2) is 23.2 Å². The van der Waals surface area contributed by atoms with Crippen LogP contribution in [0.3, 0.4) is 0 Å². The maximum absolute atomic E-state index is 13.7. The van der Waals surface area contributed by atoms with Gasteiger partial charge in [-0.2, -0.15) is 11.8 Å². The molecule has 0 unspecified atom stereocenters. The first-order valence-electron chi connectivity index (χ1n) is 6.92. The maximum Gasteiger partial charge on any atom is 0.191 e. The Morgan fingerprint density at radius 3 is 2.64 bits per heavy atom. The second kappa shape index (κ2) is 12.0. The van der Waals surface area contributed by atoms with Crippen molar-refractivity contribution in [2.24, 2.45) is 4.99 Å². The molecule has 0 fully saturated rings. The van der Waals surface area contributed by atoms with Crippen molar-refractivity contribution in [2.75, 3.05) is 39.7 Å². The molecule has 0 atom stereocenters. The Morgan fingerprint density at radius 2 is 2.05 bits per heavy atom. The highest BCUT2D eigenvalue weighted by molar-refractivity contribution is 14.0. The van der Waals surface area contributed by atoms with Crippen LogP contribution in [0.5, 0.6) is 0 Å². The van der Waals surface area contributed by atoms with E-state index in [2.05, 4.69) is 21.9 Å². The Morgan fingerprint density at radius 1 is 1.32 bits per heavy atom. The molecule has 0 aromatic heterocycles. The Kier molecular flexibility index (Phi) is 11.7. The predicted octanol–water partition coefficient (Wildman–Crippen LogP) is 2.53. The van der Waals surface area contributed by atoms with E-state index in [1.54, 1.807) is 24.9 Å². The van der Waals surface area contributed by atoms with Crippen molar-refractivity contribution in [3.63, 3.8) is 0 Å². The lowest BCUT2D eigenvalue weighted by molar-refractivity contribution is 0.392. The minimum Gasteiger partial charge on any atom is -0.356 e. The number of rotatable bonds is 7. The number of thioether (sulfide) groups is 1. The highest BCUT2D eigenvalue weighted by Crippen LogP contribution is 2.12. The van der Waals surface area contributed by atoms with Crippen LogP contribution in [0.1, 0.15) is 11.1 Å². The molecule has 0 saturated carbocycles. The quantitative estimate of drug-likeness (QED) is 0.296. The lowest BCUT2D eigenvalue weighted by Crippen LogP contribution is -2.37. The van der Waals surface area contributed by atoms with E-state index in [1.807, 2.05) is 25.1 Å². The van der Waals surface area contributed by atoms with Gasteiger partial charge in [0.25, 0.3) is 0 Å². The molecule has 0 aliphatic heterocycles. The van der Waals surface area contributed by atoms with E-state index in [9.17, 15) is 4.39 Å². The monoisotopic (exact) mass is 440 g/mol. The predicted molar refractivity (Wildman–Crippen MR) is 106 cm³/mol. The van der Waals surface area contributed by atoms with Crippen LogP contribution in [0.4, 0.5) is 4.39 Å². The molecular formula is C15H26FIN4S. The van der Waals surface area contributed by atoms with Gasteiger partial charge in [-0.25, -0.2) is 4.39 Å². The first kappa shape index (κ1) is 21.5. The molecule has 0 saturated heterocycles. The normalized spacial score (nSPS) is 11.3. The van der Waals surface area contributed by atoms with Crippen LogP contribution in [-0.4, -0.2) is 50.6 Å². The SMILES string of the molecule is CN=C(NCCSC)NCc1ccc(F)c(CN(C)C)c1.I. The average Bonchev–Trinajstić information content (AvgIpc) is 2.45. The van der Waals surface area contributed by atoms with Gasteiger partial charge in [0.05, 0.1) is 0 Å². The molecule has 0 heterocycles. The smallest absolute Gasteiger partial charge is 0.191 e. The number of hydrogen-bond acceptors (Lipinski definition) is 3. The van der Waals surface area contributed by atoms with Crippen molar-refractivity contribution in [3.8, 4) is 0 Å². The average molecular weight is 440 g/mol. The molecule has 1 rings (SSSR count). The third kappa shape index (κ3) is 8.19. The zero-order chi connectivity index (χ0) is 15.7. The van der Waals surface area contributed by atoms with Gasteiger partial charge >= 0.3 is 0 Å². The van der Waals surface area contributed by atoms with E-state index < -0.39 is 0 Å². The van der Waals surface area contributed by atoms with Gasteiger partial charge < -0.3 is 15.5 Å². The van der Waals surface area contributed by atoms with Crippen molar-refractivity contribution in [1.29, 1.82) is 0 Å². The molecule has 0 spiro atoms. The van der Waals surface area contributed by atoms with E-state index >= 15 is 0 Å². The summed E-state index contributed by atoms with van der Waals surface area (Å²) in [5, 5.41) is 6.47. The van der Waals surface area contributed by atoms with Gasteiger partial charge in [0, 0.05) is 38.0 Å². The fourth-order valence-electron chi connectivity index (χ4n) is 1.88. The molecule has 0 aliphatic rings. The molecule has 22 heavy (non-hydrogen) atoms. The van der Waals surface area contributed by atoms with Gasteiger partial charge in [-0.15, -0.1) is 24.0 Å². The van der Waals surface area contributed by atoms with E-state index in [-0.39, 0.29) is 29.8 Å². The molecule has 126 valence electrons. The van der Waals surface area contributed by atoms with Crippen molar-refractivity contribution in [1.82, 2.24) is 15.5 Å². The van der Waals surface area contributed by atoms with Gasteiger partial charge in [-0.1, -0.05) is 6.07 Å². The molecule has 0 aliphatic carbocycles. The number of aliphatic imine (C=N–C) groups is 1. The summed E-state index contributed by atoms with van der Waals surface area (Å²) in [5.41, 5.74) is 1.76. The summed E-state index contributed by atoms with van der Waals surface area (Å²) in [6, 6.07) is 5.23. The van der Waals surface area contributed by atoms with Gasteiger partial charge in [-0.05, 0) is 38.0 Å². The number of guanidine groups is 1. The van der Waals surface area contributed by atoms with E-state index in [0.717, 1.165) is 23.8 Å². The molecule has 0 bridgehead atoms. The highest BCUT2D eigenvalue weighted by atomic mass is 127. The fraction of sp³-hybridized carbons (Fsp3) is 0.533. The molecule has 1 aromatic carbocycles. The largest absolute Gasteiger partial charge is 0.356 e. The van der Waals surface area contributed by atoms with Crippen molar-refractivity contribution in [3.05, 3.63) is 35.1 Å². The van der Waals surface area contributed by atoms with Crippen LogP contribution in [0.2, 0.25) is 0 Å². The minimum absolute atomic E-state index is 0. The fourth-order valence-corrected chi connectivity index (χ4v) is 2.18. The number of halogens is 2. The first-order chi connectivity index (χ1) is 10.1. The third-order valence-electron chi connectivity index (χ3n) is 2.88. The Bertz CT molecular complexity index is 469. The van der Waals surface area contributed by atoms with Crippen molar-refractivity contribution >= 4 is 41.7 Å².